The number of halogens is 1. The minimum atomic E-state index is -0.685. The molecule has 0 fully saturated rings. The summed E-state index contributed by atoms with van der Waals surface area (Å²) in [6.07, 6.45) is -0.677. The van der Waals surface area contributed by atoms with Gasteiger partial charge in [-0.2, -0.15) is 9.78 Å². The third kappa shape index (κ3) is 3.62. The second kappa shape index (κ2) is 6.17. The zero-order chi connectivity index (χ0) is 17.4. The van der Waals surface area contributed by atoms with Gasteiger partial charge < -0.3 is 4.74 Å². The molecule has 0 radical (unpaired) electrons. The van der Waals surface area contributed by atoms with Crippen LogP contribution in [-0.2, 0) is 9.57 Å². The lowest BCUT2D eigenvalue weighted by atomic mass is 10.2. The fourth-order valence-corrected chi connectivity index (χ4v) is 2.10. The maximum atomic E-state index is 12.4. The van der Waals surface area contributed by atoms with Crippen LogP contribution in [-0.4, -0.2) is 46.6 Å². The van der Waals surface area contributed by atoms with Gasteiger partial charge in [-0.1, -0.05) is 11.6 Å². The van der Waals surface area contributed by atoms with E-state index in [-0.39, 0.29) is 5.69 Å². The highest BCUT2D eigenvalue weighted by atomic mass is 35.5. The molecule has 1 aromatic carbocycles. The molecule has 1 heterocycles. The molecule has 0 N–H and O–H groups in total. The molecule has 7 nitrogen and oxygen atoms in total. The molecule has 1 amide bonds. The van der Waals surface area contributed by atoms with Crippen molar-refractivity contribution in [2.45, 2.75) is 26.4 Å². The molecule has 8 heteroatoms. The Morgan fingerprint density at radius 3 is 2.52 bits per heavy atom. The minimum Gasteiger partial charge on any atom is -0.442 e. The van der Waals surface area contributed by atoms with Crippen LogP contribution in [0, 0.1) is 0 Å². The average molecular weight is 340 g/mol. The summed E-state index contributed by atoms with van der Waals surface area (Å²) in [4.78, 5) is 29.6. The highest BCUT2D eigenvalue weighted by molar-refractivity contribution is 6.31. The molecular weight excluding hydrogens is 322 g/mol. The molecule has 0 bridgehead atoms. The van der Waals surface area contributed by atoms with Crippen molar-refractivity contribution in [2.75, 3.05) is 14.2 Å². The van der Waals surface area contributed by atoms with Gasteiger partial charge in [0.2, 0.25) is 0 Å². The van der Waals surface area contributed by atoms with E-state index in [9.17, 15) is 9.59 Å². The van der Waals surface area contributed by atoms with Gasteiger partial charge in [0.25, 0.3) is 5.91 Å². The minimum absolute atomic E-state index is 0.0534. The smallest absolute Gasteiger partial charge is 0.435 e. The Labute approximate surface area is 138 Å². The molecule has 0 spiro atoms. The SMILES string of the molecule is CON(C)C(=O)c1nn(C(=O)OC(C)(C)C)c2ccc(Cl)cc12. The van der Waals surface area contributed by atoms with Crippen molar-refractivity contribution in [3.8, 4) is 0 Å². The Balaban J connectivity index is 2.59. The van der Waals surface area contributed by atoms with Crippen LogP contribution in [0.4, 0.5) is 4.79 Å². The standard InChI is InChI=1S/C15H18ClN3O4/c1-15(2,3)23-14(21)19-11-7-6-9(16)8-10(11)12(17-19)13(20)18(4)22-5/h6-8H,1-5H3. The summed E-state index contributed by atoms with van der Waals surface area (Å²) >= 11 is 5.99. The van der Waals surface area contributed by atoms with Crippen molar-refractivity contribution in [1.82, 2.24) is 14.8 Å². The summed E-state index contributed by atoms with van der Waals surface area (Å²) in [7, 11) is 2.81. The molecule has 0 saturated carbocycles. The average Bonchev–Trinajstić information content (AvgIpc) is 2.82. The van der Waals surface area contributed by atoms with Crippen molar-refractivity contribution in [3.63, 3.8) is 0 Å². The van der Waals surface area contributed by atoms with Gasteiger partial charge in [0, 0.05) is 17.5 Å². The van der Waals surface area contributed by atoms with E-state index >= 15 is 0 Å². The van der Waals surface area contributed by atoms with Crippen LogP contribution >= 0.6 is 11.6 Å². The van der Waals surface area contributed by atoms with Gasteiger partial charge >= 0.3 is 6.09 Å². The number of aromatic nitrogens is 2. The first-order chi connectivity index (χ1) is 10.6. The summed E-state index contributed by atoms with van der Waals surface area (Å²) in [5, 5.41) is 5.98. The number of amides is 1. The van der Waals surface area contributed by atoms with Gasteiger partial charge in [0.1, 0.15) is 5.60 Å². The van der Waals surface area contributed by atoms with Gasteiger partial charge in [0.15, 0.2) is 5.69 Å². The summed E-state index contributed by atoms with van der Waals surface area (Å²) in [5.74, 6) is -0.498. The fourth-order valence-electron chi connectivity index (χ4n) is 1.92. The van der Waals surface area contributed by atoms with Gasteiger partial charge in [-0.3, -0.25) is 9.63 Å². The first kappa shape index (κ1) is 17.2. The molecule has 2 rings (SSSR count). The van der Waals surface area contributed by atoms with Crippen molar-refractivity contribution in [2.24, 2.45) is 0 Å². The van der Waals surface area contributed by atoms with Gasteiger partial charge in [-0.25, -0.2) is 9.86 Å². The van der Waals surface area contributed by atoms with Crippen LogP contribution in [0.1, 0.15) is 31.3 Å². The zero-order valence-electron chi connectivity index (χ0n) is 13.6. The van der Waals surface area contributed by atoms with E-state index < -0.39 is 17.6 Å². The predicted octanol–water partition coefficient (Wildman–Crippen LogP) is 3.11. The van der Waals surface area contributed by atoms with Crippen molar-refractivity contribution in [3.05, 3.63) is 28.9 Å². The Morgan fingerprint density at radius 1 is 1.30 bits per heavy atom. The third-order valence-electron chi connectivity index (χ3n) is 2.97. The highest BCUT2D eigenvalue weighted by Crippen LogP contribution is 2.24. The Kier molecular flexibility index (Phi) is 4.63. The predicted molar refractivity (Wildman–Crippen MR) is 85.5 cm³/mol. The topological polar surface area (TPSA) is 73.7 Å². The van der Waals surface area contributed by atoms with E-state index in [4.69, 9.17) is 21.2 Å². The van der Waals surface area contributed by atoms with Crippen LogP contribution < -0.4 is 0 Å². The summed E-state index contributed by atoms with van der Waals surface area (Å²) in [6.45, 7) is 5.24. The molecule has 0 aliphatic heterocycles. The normalized spacial score (nSPS) is 11.6. The molecule has 0 aliphatic carbocycles. The number of hydroxylamine groups is 2. The Hall–Kier alpha value is -2.12. The van der Waals surface area contributed by atoms with Crippen molar-refractivity contribution in [1.29, 1.82) is 0 Å². The number of ether oxygens (including phenoxy) is 1. The number of carbonyl (C=O) groups is 2. The maximum Gasteiger partial charge on any atom is 0.435 e. The number of rotatable bonds is 2. The largest absolute Gasteiger partial charge is 0.442 e. The first-order valence-corrected chi connectivity index (χ1v) is 7.25. The monoisotopic (exact) mass is 339 g/mol. The second-order valence-electron chi connectivity index (χ2n) is 5.89. The van der Waals surface area contributed by atoms with E-state index in [1.165, 1.54) is 14.2 Å². The number of hydrogen-bond acceptors (Lipinski definition) is 5. The molecule has 124 valence electrons. The summed E-state index contributed by atoms with van der Waals surface area (Å²) < 4.78 is 6.36. The fraction of sp³-hybridized carbons (Fsp3) is 0.400. The number of fused-ring (bicyclic) bond motifs is 1. The summed E-state index contributed by atoms with van der Waals surface area (Å²) in [6, 6.07) is 4.79. The van der Waals surface area contributed by atoms with Gasteiger partial charge in [-0.05, 0) is 39.0 Å². The van der Waals surface area contributed by atoms with Gasteiger partial charge in [0.05, 0.1) is 12.6 Å². The molecule has 23 heavy (non-hydrogen) atoms. The van der Waals surface area contributed by atoms with E-state index in [1.54, 1.807) is 39.0 Å². The van der Waals surface area contributed by atoms with E-state index in [0.29, 0.717) is 15.9 Å². The van der Waals surface area contributed by atoms with Crippen molar-refractivity contribution >= 4 is 34.5 Å². The highest BCUT2D eigenvalue weighted by Gasteiger charge is 2.26. The molecule has 0 unspecified atom stereocenters. The molecule has 1 aromatic heterocycles. The van der Waals surface area contributed by atoms with Crippen LogP contribution in [0.15, 0.2) is 18.2 Å². The molecule has 0 atom stereocenters. The quantitative estimate of drug-likeness (QED) is 0.786. The lowest BCUT2D eigenvalue weighted by Crippen LogP contribution is -2.29. The van der Waals surface area contributed by atoms with Crippen LogP contribution in [0.2, 0.25) is 5.02 Å². The number of benzene rings is 1. The van der Waals surface area contributed by atoms with E-state index in [0.717, 1.165) is 9.75 Å². The third-order valence-corrected chi connectivity index (χ3v) is 3.21. The van der Waals surface area contributed by atoms with Crippen molar-refractivity contribution < 1.29 is 19.2 Å². The lowest BCUT2D eigenvalue weighted by molar-refractivity contribution is -0.0759. The Morgan fingerprint density at radius 2 is 1.96 bits per heavy atom. The van der Waals surface area contributed by atoms with Crippen LogP contribution in [0.5, 0.6) is 0 Å². The molecule has 0 saturated heterocycles. The Bertz CT molecular complexity index is 764. The van der Waals surface area contributed by atoms with Crippen LogP contribution in [0.3, 0.4) is 0 Å². The number of hydrogen-bond donors (Lipinski definition) is 0. The van der Waals surface area contributed by atoms with E-state index in [2.05, 4.69) is 5.10 Å². The van der Waals surface area contributed by atoms with Crippen LogP contribution in [0.25, 0.3) is 10.9 Å². The number of nitrogens with zero attached hydrogens (tertiary/aromatic N) is 3. The molecular formula is C15H18ClN3O4. The number of carbonyl (C=O) groups excluding carboxylic acids is 2. The van der Waals surface area contributed by atoms with Gasteiger partial charge in [-0.15, -0.1) is 0 Å². The second-order valence-corrected chi connectivity index (χ2v) is 6.32. The zero-order valence-corrected chi connectivity index (χ0v) is 14.3. The maximum absolute atomic E-state index is 12.4. The lowest BCUT2D eigenvalue weighted by Gasteiger charge is -2.19. The summed E-state index contributed by atoms with van der Waals surface area (Å²) in [5.41, 5.74) is -0.204. The first-order valence-electron chi connectivity index (χ1n) is 6.88. The molecule has 0 aliphatic rings. The van der Waals surface area contributed by atoms with E-state index in [1.807, 2.05) is 0 Å². The molecule has 2 aromatic rings.